The summed E-state index contributed by atoms with van der Waals surface area (Å²) >= 11 is 11.9. The molecule has 1 fully saturated rings. The Hall–Kier alpha value is -1.26. The third kappa shape index (κ3) is 3.07. The van der Waals surface area contributed by atoms with Gasteiger partial charge in [0.15, 0.2) is 0 Å². The van der Waals surface area contributed by atoms with Crippen LogP contribution in [0.4, 0.5) is 0 Å². The fraction of sp³-hybridized carbons (Fsp3) is 0.429. The molecule has 1 amide bonds. The lowest BCUT2D eigenvalue weighted by Gasteiger charge is -2.34. The Morgan fingerprint density at radius 3 is 2.70 bits per heavy atom. The van der Waals surface area contributed by atoms with Gasteiger partial charge in [-0.15, -0.1) is 0 Å². The van der Waals surface area contributed by atoms with Crippen LogP contribution in [0.3, 0.4) is 0 Å². The second kappa shape index (κ2) is 6.46. The van der Waals surface area contributed by atoms with E-state index in [4.69, 9.17) is 27.9 Å². The highest BCUT2D eigenvalue weighted by Gasteiger charge is 2.33. The van der Waals surface area contributed by atoms with Crippen LogP contribution >= 0.6 is 23.2 Å². The summed E-state index contributed by atoms with van der Waals surface area (Å²) in [5.74, 6) is -0.648. The smallest absolute Gasteiger partial charge is 0.328 e. The maximum absolute atomic E-state index is 12.6. The molecule has 1 saturated heterocycles. The topological polar surface area (TPSA) is 46.6 Å². The predicted octanol–water partition coefficient (Wildman–Crippen LogP) is 3.16. The normalized spacial score (nSPS) is 18.8. The largest absolute Gasteiger partial charge is 0.467 e. The van der Waals surface area contributed by atoms with Crippen molar-refractivity contribution in [2.24, 2.45) is 0 Å². The number of hydrogen-bond acceptors (Lipinski definition) is 3. The molecule has 0 radical (unpaired) electrons. The van der Waals surface area contributed by atoms with Crippen LogP contribution in [0, 0.1) is 0 Å². The molecule has 0 spiro atoms. The van der Waals surface area contributed by atoms with Crippen LogP contribution in [0.25, 0.3) is 0 Å². The zero-order valence-corrected chi connectivity index (χ0v) is 12.6. The van der Waals surface area contributed by atoms with Gasteiger partial charge in [-0.1, -0.05) is 23.2 Å². The van der Waals surface area contributed by atoms with Crippen LogP contribution in [0.2, 0.25) is 10.0 Å². The summed E-state index contributed by atoms with van der Waals surface area (Å²) in [7, 11) is 1.33. The van der Waals surface area contributed by atoms with Crippen molar-refractivity contribution in [1.82, 2.24) is 4.90 Å². The molecule has 108 valence electrons. The van der Waals surface area contributed by atoms with Gasteiger partial charge in [-0.25, -0.2) is 4.79 Å². The van der Waals surface area contributed by atoms with E-state index in [2.05, 4.69) is 0 Å². The molecule has 0 aromatic heterocycles. The van der Waals surface area contributed by atoms with Gasteiger partial charge in [0.05, 0.1) is 17.7 Å². The van der Waals surface area contributed by atoms with Crippen LogP contribution in [0.1, 0.15) is 29.6 Å². The average molecular weight is 316 g/mol. The van der Waals surface area contributed by atoms with E-state index in [0.717, 1.165) is 12.8 Å². The van der Waals surface area contributed by atoms with E-state index in [0.29, 0.717) is 23.6 Å². The summed E-state index contributed by atoms with van der Waals surface area (Å²) in [6.07, 6.45) is 2.38. The second-order valence-electron chi connectivity index (χ2n) is 4.66. The van der Waals surface area contributed by atoms with Crippen LogP contribution in [0.15, 0.2) is 18.2 Å². The van der Waals surface area contributed by atoms with Crippen LogP contribution in [-0.2, 0) is 9.53 Å². The molecule has 2 rings (SSSR count). The van der Waals surface area contributed by atoms with Gasteiger partial charge in [-0.2, -0.15) is 0 Å². The molecule has 0 saturated carbocycles. The fourth-order valence-electron chi connectivity index (χ4n) is 2.37. The molecule has 0 unspecified atom stereocenters. The highest BCUT2D eigenvalue weighted by Crippen LogP contribution is 2.26. The SMILES string of the molecule is COC(=O)[C@H]1CCCCN1C(=O)c1ccc(Cl)cc1Cl. The Morgan fingerprint density at radius 1 is 1.30 bits per heavy atom. The molecule has 1 aromatic carbocycles. The minimum Gasteiger partial charge on any atom is -0.467 e. The van der Waals surface area contributed by atoms with Gasteiger partial charge < -0.3 is 9.64 Å². The molecular formula is C14H15Cl2NO3. The van der Waals surface area contributed by atoms with E-state index in [-0.39, 0.29) is 16.9 Å². The van der Waals surface area contributed by atoms with Gasteiger partial charge in [-0.3, -0.25) is 4.79 Å². The van der Waals surface area contributed by atoms with Crippen molar-refractivity contribution in [3.8, 4) is 0 Å². The molecule has 0 bridgehead atoms. The van der Waals surface area contributed by atoms with E-state index in [1.807, 2.05) is 0 Å². The Kier molecular flexibility index (Phi) is 4.89. The number of amides is 1. The third-order valence-electron chi connectivity index (χ3n) is 3.40. The number of nitrogens with zero attached hydrogens (tertiary/aromatic N) is 1. The minimum atomic E-state index is -0.534. The van der Waals surface area contributed by atoms with Crippen molar-refractivity contribution >= 4 is 35.1 Å². The first-order chi connectivity index (χ1) is 9.54. The first-order valence-corrected chi connectivity index (χ1v) is 7.14. The van der Waals surface area contributed by atoms with E-state index >= 15 is 0 Å². The number of benzene rings is 1. The highest BCUT2D eigenvalue weighted by molar-refractivity contribution is 6.36. The Morgan fingerprint density at radius 2 is 2.05 bits per heavy atom. The van der Waals surface area contributed by atoms with Gasteiger partial charge in [0.1, 0.15) is 6.04 Å². The lowest BCUT2D eigenvalue weighted by Crippen LogP contribution is -2.48. The summed E-state index contributed by atoms with van der Waals surface area (Å²) in [4.78, 5) is 25.9. The molecule has 0 aliphatic carbocycles. The van der Waals surface area contributed by atoms with E-state index in [9.17, 15) is 9.59 Å². The van der Waals surface area contributed by atoms with Crippen LogP contribution in [-0.4, -0.2) is 36.5 Å². The first-order valence-electron chi connectivity index (χ1n) is 6.38. The number of ether oxygens (including phenoxy) is 1. The van der Waals surface area contributed by atoms with Crippen molar-refractivity contribution in [1.29, 1.82) is 0 Å². The minimum absolute atomic E-state index is 0.262. The Labute approximate surface area is 127 Å². The van der Waals surface area contributed by atoms with Gasteiger partial charge in [-0.05, 0) is 37.5 Å². The zero-order chi connectivity index (χ0) is 14.7. The molecule has 1 aliphatic rings. The van der Waals surface area contributed by atoms with Crippen molar-refractivity contribution < 1.29 is 14.3 Å². The van der Waals surface area contributed by atoms with Crippen LogP contribution < -0.4 is 0 Å². The molecule has 1 heterocycles. The maximum atomic E-state index is 12.6. The standard InChI is InChI=1S/C14H15Cl2NO3/c1-20-14(19)12-4-2-3-7-17(12)13(18)10-6-5-9(15)8-11(10)16/h5-6,8,12H,2-4,7H2,1H3/t12-/m1/s1. The van der Waals surface area contributed by atoms with E-state index in [1.165, 1.54) is 18.1 Å². The summed E-state index contributed by atoms with van der Waals surface area (Å²) in [5, 5.41) is 0.756. The monoisotopic (exact) mass is 315 g/mol. The number of rotatable bonds is 2. The van der Waals surface area contributed by atoms with Crippen molar-refractivity contribution in [3.63, 3.8) is 0 Å². The van der Waals surface area contributed by atoms with Crippen molar-refractivity contribution in [3.05, 3.63) is 33.8 Å². The number of carbonyl (C=O) groups excluding carboxylic acids is 2. The first kappa shape index (κ1) is 15.1. The van der Waals surface area contributed by atoms with Gasteiger partial charge in [0.25, 0.3) is 5.91 Å². The molecular weight excluding hydrogens is 301 g/mol. The number of likely N-dealkylation sites (tertiary alicyclic amines) is 1. The summed E-state index contributed by atoms with van der Waals surface area (Å²) in [6.45, 7) is 0.525. The fourth-order valence-corrected chi connectivity index (χ4v) is 2.86. The third-order valence-corrected chi connectivity index (χ3v) is 3.95. The summed E-state index contributed by atoms with van der Waals surface area (Å²) in [5.41, 5.74) is 0.354. The lowest BCUT2D eigenvalue weighted by molar-refractivity contribution is -0.147. The van der Waals surface area contributed by atoms with Gasteiger partial charge in [0.2, 0.25) is 0 Å². The summed E-state index contributed by atoms with van der Waals surface area (Å²) < 4.78 is 4.77. The van der Waals surface area contributed by atoms with Crippen LogP contribution in [0.5, 0.6) is 0 Å². The summed E-state index contributed by atoms with van der Waals surface area (Å²) in [6, 6.07) is 4.18. The Bertz CT molecular complexity index is 533. The number of methoxy groups -OCH3 is 1. The molecule has 1 aromatic rings. The lowest BCUT2D eigenvalue weighted by atomic mass is 10.0. The number of halogens is 2. The van der Waals surface area contributed by atoms with Crippen molar-refractivity contribution in [2.75, 3.05) is 13.7 Å². The molecule has 6 heteroatoms. The molecule has 1 atom stereocenters. The molecule has 4 nitrogen and oxygen atoms in total. The van der Waals surface area contributed by atoms with E-state index < -0.39 is 6.04 Å². The predicted molar refractivity (Wildman–Crippen MR) is 77.2 cm³/mol. The molecule has 1 aliphatic heterocycles. The number of piperidine rings is 1. The second-order valence-corrected chi connectivity index (χ2v) is 5.50. The zero-order valence-electron chi connectivity index (χ0n) is 11.1. The Balaban J connectivity index is 2.27. The van der Waals surface area contributed by atoms with Crippen molar-refractivity contribution in [2.45, 2.75) is 25.3 Å². The average Bonchev–Trinajstić information content (AvgIpc) is 2.46. The number of carbonyl (C=O) groups is 2. The van der Waals surface area contributed by atoms with Gasteiger partial charge >= 0.3 is 5.97 Å². The molecule has 0 N–H and O–H groups in total. The highest BCUT2D eigenvalue weighted by atomic mass is 35.5. The van der Waals surface area contributed by atoms with E-state index in [1.54, 1.807) is 12.1 Å². The quantitative estimate of drug-likeness (QED) is 0.787. The van der Waals surface area contributed by atoms with Gasteiger partial charge in [0, 0.05) is 11.6 Å². The maximum Gasteiger partial charge on any atom is 0.328 e. The number of hydrogen-bond donors (Lipinski definition) is 0. The molecule has 20 heavy (non-hydrogen) atoms. The number of esters is 1.